The highest BCUT2D eigenvalue weighted by atomic mass is 16.4. The molecule has 1 heterocycles. The molecule has 0 aliphatic heterocycles. The molecule has 6 nitrogen and oxygen atoms in total. The number of carboxylic acid groups (broad SMARTS) is 1. The van der Waals surface area contributed by atoms with E-state index >= 15 is 0 Å². The van der Waals surface area contributed by atoms with Gasteiger partial charge in [-0.3, -0.25) is 9.59 Å². The van der Waals surface area contributed by atoms with Crippen LogP contribution in [0.3, 0.4) is 0 Å². The van der Waals surface area contributed by atoms with E-state index in [0.717, 1.165) is 24.1 Å². The standard InChI is InChI=1S/C18H21N3O3/c22-17(14-3-1-4-15(11-14)18(23)24)19-12-13-5-7-16(8-6-13)21-10-2-9-20-21/h2,5-10,14-15H,1,3-4,11-12H2,(H,19,22)(H,23,24). The van der Waals surface area contributed by atoms with Crippen molar-refractivity contribution in [2.45, 2.75) is 32.2 Å². The van der Waals surface area contributed by atoms with Crippen LogP contribution in [0.25, 0.3) is 5.69 Å². The Kier molecular flexibility index (Phi) is 4.93. The molecule has 0 radical (unpaired) electrons. The minimum Gasteiger partial charge on any atom is -0.481 e. The fraction of sp³-hybridized carbons (Fsp3) is 0.389. The van der Waals surface area contributed by atoms with Crippen LogP contribution in [0.15, 0.2) is 42.7 Å². The van der Waals surface area contributed by atoms with Crippen molar-refractivity contribution in [1.29, 1.82) is 0 Å². The van der Waals surface area contributed by atoms with Crippen molar-refractivity contribution in [3.63, 3.8) is 0 Å². The molecule has 3 rings (SSSR count). The number of rotatable bonds is 5. The molecule has 1 saturated carbocycles. The summed E-state index contributed by atoms with van der Waals surface area (Å²) in [5, 5.41) is 16.2. The quantitative estimate of drug-likeness (QED) is 0.883. The number of aromatic nitrogens is 2. The number of hydrogen-bond donors (Lipinski definition) is 2. The third kappa shape index (κ3) is 3.82. The third-order valence-electron chi connectivity index (χ3n) is 4.57. The molecule has 24 heavy (non-hydrogen) atoms. The predicted octanol–water partition coefficient (Wildman–Crippen LogP) is 2.38. The van der Waals surface area contributed by atoms with E-state index in [4.69, 9.17) is 5.11 Å². The van der Waals surface area contributed by atoms with Gasteiger partial charge < -0.3 is 10.4 Å². The van der Waals surface area contributed by atoms with Crippen molar-refractivity contribution in [1.82, 2.24) is 15.1 Å². The topological polar surface area (TPSA) is 84.2 Å². The van der Waals surface area contributed by atoms with E-state index in [1.165, 1.54) is 0 Å². The lowest BCUT2D eigenvalue weighted by Crippen LogP contribution is -2.35. The molecule has 2 aromatic rings. The number of amides is 1. The first-order chi connectivity index (χ1) is 11.6. The zero-order valence-electron chi connectivity index (χ0n) is 13.4. The summed E-state index contributed by atoms with van der Waals surface area (Å²) < 4.78 is 1.77. The molecule has 0 saturated heterocycles. The van der Waals surface area contributed by atoms with E-state index in [9.17, 15) is 9.59 Å². The highest BCUT2D eigenvalue weighted by molar-refractivity contribution is 5.80. The number of carbonyl (C=O) groups excluding carboxylic acids is 1. The van der Waals surface area contributed by atoms with Crippen LogP contribution in [-0.2, 0) is 16.1 Å². The third-order valence-corrected chi connectivity index (χ3v) is 4.57. The Bertz CT molecular complexity index is 695. The monoisotopic (exact) mass is 327 g/mol. The van der Waals surface area contributed by atoms with E-state index in [0.29, 0.717) is 19.4 Å². The molecule has 2 atom stereocenters. The van der Waals surface area contributed by atoms with Gasteiger partial charge in [0.25, 0.3) is 0 Å². The number of nitrogens with zero attached hydrogens (tertiary/aromatic N) is 2. The summed E-state index contributed by atoms with van der Waals surface area (Å²) in [5.74, 6) is -1.41. The van der Waals surface area contributed by atoms with E-state index < -0.39 is 5.97 Å². The van der Waals surface area contributed by atoms with Gasteiger partial charge in [0.05, 0.1) is 11.6 Å². The lowest BCUT2D eigenvalue weighted by Gasteiger charge is -2.25. The van der Waals surface area contributed by atoms with E-state index in [1.807, 2.05) is 36.5 Å². The van der Waals surface area contributed by atoms with E-state index in [1.54, 1.807) is 10.9 Å². The van der Waals surface area contributed by atoms with Crippen molar-refractivity contribution < 1.29 is 14.7 Å². The van der Waals surface area contributed by atoms with Crippen LogP contribution in [0.1, 0.15) is 31.2 Å². The second-order valence-electron chi connectivity index (χ2n) is 6.23. The Morgan fingerprint density at radius 2 is 1.96 bits per heavy atom. The molecule has 1 amide bonds. The van der Waals surface area contributed by atoms with E-state index in [2.05, 4.69) is 10.4 Å². The second-order valence-corrected chi connectivity index (χ2v) is 6.23. The number of hydrogen-bond acceptors (Lipinski definition) is 3. The van der Waals surface area contributed by atoms with Crippen LogP contribution in [0, 0.1) is 11.8 Å². The fourth-order valence-electron chi connectivity index (χ4n) is 3.17. The molecular weight excluding hydrogens is 306 g/mol. The van der Waals surface area contributed by atoms with Gasteiger partial charge in [0.1, 0.15) is 0 Å². The average molecular weight is 327 g/mol. The van der Waals surface area contributed by atoms with Crippen LogP contribution in [0.2, 0.25) is 0 Å². The summed E-state index contributed by atoms with van der Waals surface area (Å²) in [5.41, 5.74) is 1.97. The Labute approximate surface area is 140 Å². The first-order valence-corrected chi connectivity index (χ1v) is 8.23. The van der Waals surface area contributed by atoms with Crippen molar-refractivity contribution in [2.24, 2.45) is 11.8 Å². The first kappa shape index (κ1) is 16.2. The fourth-order valence-corrected chi connectivity index (χ4v) is 3.17. The molecule has 2 N–H and O–H groups in total. The van der Waals surface area contributed by atoms with Gasteiger partial charge in [-0.05, 0) is 43.0 Å². The highest BCUT2D eigenvalue weighted by Gasteiger charge is 2.30. The van der Waals surface area contributed by atoms with Crippen LogP contribution in [0.4, 0.5) is 0 Å². The van der Waals surface area contributed by atoms with Gasteiger partial charge in [0.2, 0.25) is 5.91 Å². The summed E-state index contributed by atoms with van der Waals surface area (Å²) in [4.78, 5) is 23.4. The van der Waals surface area contributed by atoms with Crippen molar-refractivity contribution >= 4 is 11.9 Å². The van der Waals surface area contributed by atoms with Gasteiger partial charge in [-0.1, -0.05) is 18.6 Å². The van der Waals surface area contributed by atoms with Crippen molar-refractivity contribution in [2.75, 3.05) is 0 Å². The molecule has 6 heteroatoms. The molecule has 126 valence electrons. The van der Waals surface area contributed by atoms with Crippen LogP contribution < -0.4 is 5.32 Å². The zero-order chi connectivity index (χ0) is 16.9. The molecule has 0 spiro atoms. The molecule has 1 aromatic carbocycles. The van der Waals surface area contributed by atoms with Crippen LogP contribution in [0.5, 0.6) is 0 Å². The molecule has 1 aliphatic carbocycles. The molecule has 2 unspecified atom stereocenters. The van der Waals surface area contributed by atoms with Gasteiger partial charge in [0, 0.05) is 24.9 Å². The Morgan fingerprint density at radius 1 is 1.21 bits per heavy atom. The molecular formula is C18H21N3O3. The zero-order valence-corrected chi connectivity index (χ0v) is 13.4. The number of benzene rings is 1. The Hall–Kier alpha value is -2.63. The molecule has 1 aromatic heterocycles. The number of carboxylic acids is 1. The van der Waals surface area contributed by atoms with Crippen LogP contribution in [-0.4, -0.2) is 26.8 Å². The number of carbonyl (C=O) groups is 2. The smallest absolute Gasteiger partial charge is 0.306 e. The maximum absolute atomic E-state index is 12.3. The van der Waals surface area contributed by atoms with Gasteiger partial charge >= 0.3 is 5.97 Å². The summed E-state index contributed by atoms with van der Waals surface area (Å²) in [6.07, 6.45) is 6.29. The maximum atomic E-state index is 12.3. The summed E-state index contributed by atoms with van der Waals surface area (Å²) in [6, 6.07) is 9.68. The second kappa shape index (κ2) is 7.29. The van der Waals surface area contributed by atoms with Gasteiger partial charge in [-0.25, -0.2) is 4.68 Å². The van der Waals surface area contributed by atoms with Gasteiger partial charge in [-0.2, -0.15) is 5.10 Å². The SMILES string of the molecule is O=C(O)C1CCCC(C(=O)NCc2ccc(-n3cccn3)cc2)C1. The summed E-state index contributed by atoms with van der Waals surface area (Å²) in [6.45, 7) is 0.451. The van der Waals surface area contributed by atoms with Crippen LogP contribution >= 0.6 is 0 Å². The highest BCUT2D eigenvalue weighted by Crippen LogP contribution is 2.29. The maximum Gasteiger partial charge on any atom is 0.306 e. The lowest BCUT2D eigenvalue weighted by atomic mass is 9.81. The van der Waals surface area contributed by atoms with Gasteiger partial charge in [-0.15, -0.1) is 0 Å². The lowest BCUT2D eigenvalue weighted by molar-refractivity contribution is -0.144. The molecule has 1 fully saturated rings. The number of nitrogens with one attached hydrogen (secondary N) is 1. The normalized spacial score (nSPS) is 20.5. The summed E-state index contributed by atoms with van der Waals surface area (Å²) in [7, 11) is 0. The molecule has 1 aliphatic rings. The Morgan fingerprint density at radius 3 is 2.62 bits per heavy atom. The Balaban J connectivity index is 1.53. The largest absolute Gasteiger partial charge is 0.481 e. The molecule has 0 bridgehead atoms. The predicted molar refractivity (Wildman–Crippen MR) is 88.5 cm³/mol. The average Bonchev–Trinajstić information content (AvgIpc) is 3.15. The minimum atomic E-state index is -0.790. The van der Waals surface area contributed by atoms with Gasteiger partial charge in [0.15, 0.2) is 0 Å². The van der Waals surface area contributed by atoms with Crippen molar-refractivity contribution in [3.8, 4) is 5.69 Å². The minimum absolute atomic E-state index is 0.0443. The first-order valence-electron chi connectivity index (χ1n) is 8.23. The summed E-state index contributed by atoms with van der Waals surface area (Å²) >= 11 is 0. The number of aliphatic carboxylic acids is 1. The van der Waals surface area contributed by atoms with E-state index in [-0.39, 0.29) is 17.7 Å². The van der Waals surface area contributed by atoms with Crippen molar-refractivity contribution in [3.05, 3.63) is 48.3 Å².